The van der Waals surface area contributed by atoms with Crippen LogP contribution in [0.4, 0.5) is 0 Å². The summed E-state index contributed by atoms with van der Waals surface area (Å²) >= 11 is 0. The lowest BCUT2D eigenvalue weighted by atomic mass is 9.97. The standard InChI is InChI=1S/C20H29N5O/c1-14(2)13-18(16-7-5-4-6-8-16)22-20(26)19-15(3)25(24-23-19)17-9-11-21-12-10-17/h4-8,14,17-18,21H,9-13H2,1-3H3,(H,22,26). The molecular formula is C20H29N5O. The lowest BCUT2D eigenvalue weighted by Crippen LogP contribution is -2.31. The van der Waals surface area contributed by atoms with Gasteiger partial charge in [0.2, 0.25) is 0 Å². The molecule has 1 saturated heterocycles. The van der Waals surface area contributed by atoms with E-state index >= 15 is 0 Å². The van der Waals surface area contributed by atoms with Crippen molar-refractivity contribution >= 4 is 5.91 Å². The highest BCUT2D eigenvalue weighted by atomic mass is 16.2. The highest BCUT2D eigenvalue weighted by Crippen LogP contribution is 2.23. The van der Waals surface area contributed by atoms with Crippen molar-refractivity contribution in [3.63, 3.8) is 0 Å². The van der Waals surface area contributed by atoms with Crippen LogP contribution in [0.5, 0.6) is 0 Å². The number of rotatable bonds is 6. The molecule has 2 N–H and O–H groups in total. The first kappa shape index (κ1) is 18.6. The molecule has 0 aliphatic carbocycles. The number of hydrogen-bond acceptors (Lipinski definition) is 4. The van der Waals surface area contributed by atoms with Gasteiger partial charge in [-0.2, -0.15) is 0 Å². The summed E-state index contributed by atoms with van der Waals surface area (Å²) in [5.41, 5.74) is 2.41. The molecule has 6 heteroatoms. The lowest BCUT2D eigenvalue weighted by Gasteiger charge is -2.23. The third-order valence-electron chi connectivity index (χ3n) is 5.01. The van der Waals surface area contributed by atoms with Gasteiger partial charge >= 0.3 is 0 Å². The molecule has 0 bridgehead atoms. The molecule has 1 unspecified atom stereocenters. The molecule has 140 valence electrons. The van der Waals surface area contributed by atoms with Crippen LogP contribution in [0.25, 0.3) is 0 Å². The lowest BCUT2D eigenvalue weighted by molar-refractivity contribution is 0.0926. The molecule has 0 radical (unpaired) electrons. The smallest absolute Gasteiger partial charge is 0.274 e. The van der Waals surface area contributed by atoms with E-state index in [1.165, 1.54) is 0 Å². The fourth-order valence-corrected chi connectivity index (χ4v) is 3.61. The quantitative estimate of drug-likeness (QED) is 0.835. The average Bonchev–Trinajstić information content (AvgIpc) is 3.04. The Balaban J connectivity index is 1.76. The molecule has 1 amide bonds. The van der Waals surface area contributed by atoms with Gasteiger partial charge in [0.05, 0.1) is 17.8 Å². The van der Waals surface area contributed by atoms with E-state index in [9.17, 15) is 4.79 Å². The van der Waals surface area contributed by atoms with Gasteiger partial charge in [-0.3, -0.25) is 4.79 Å². The number of carbonyl (C=O) groups is 1. The maximum Gasteiger partial charge on any atom is 0.274 e. The zero-order valence-electron chi connectivity index (χ0n) is 15.9. The van der Waals surface area contributed by atoms with E-state index in [2.05, 4.69) is 46.9 Å². The van der Waals surface area contributed by atoms with Crippen molar-refractivity contribution in [2.24, 2.45) is 5.92 Å². The van der Waals surface area contributed by atoms with Crippen molar-refractivity contribution in [2.45, 2.75) is 52.1 Å². The first-order valence-electron chi connectivity index (χ1n) is 9.54. The number of nitrogens with zero attached hydrogens (tertiary/aromatic N) is 3. The summed E-state index contributed by atoms with van der Waals surface area (Å²) in [6, 6.07) is 10.4. The number of piperidine rings is 1. The Bertz CT molecular complexity index is 719. The number of carbonyl (C=O) groups excluding carboxylic acids is 1. The molecule has 0 saturated carbocycles. The molecule has 2 aromatic rings. The Labute approximate surface area is 155 Å². The van der Waals surface area contributed by atoms with Crippen LogP contribution in [0.2, 0.25) is 0 Å². The molecule has 6 nitrogen and oxygen atoms in total. The van der Waals surface area contributed by atoms with Crippen molar-refractivity contribution in [3.05, 3.63) is 47.3 Å². The molecule has 1 aromatic carbocycles. The van der Waals surface area contributed by atoms with Gasteiger partial charge < -0.3 is 10.6 Å². The van der Waals surface area contributed by atoms with Gasteiger partial charge in [-0.15, -0.1) is 5.10 Å². The van der Waals surface area contributed by atoms with Crippen LogP contribution >= 0.6 is 0 Å². The molecule has 3 rings (SSSR count). The Morgan fingerprint density at radius 1 is 1.27 bits per heavy atom. The van der Waals surface area contributed by atoms with Crippen LogP contribution in [0.1, 0.15) is 66.9 Å². The largest absolute Gasteiger partial charge is 0.344 e. The van der Waals surface area contributed by atoms with Crippen molar-refractivity contribution in [3.8, 4) is 0 Å². The van der Waals surface area contributed by atoms with Crippen molar-refractivity contribution in [2.75, 3.05) is 13.1 Å². The Kier molecular flexibility index (Phi) is 6.04. The highest BCUT2D eigenvalue weighted by molar-refractivity contribution is 5.93. The molecule has 0 spiro atoms. The SMILES string of the molecule is Cc1c(C(=O)NC(CC(C)C)c2ccccc2)nnn1C1CCNCC1. The molecule has 1 aromatic heterocycles. The van der Waals surface area contributed by atoms with Crippen LogP contribution in [-0.2, 0) is 0 Å². The molecule has 26 heavy (non-hydrogen) atoms. The molecule has 1 aliphatic heterocycles. The zero-order chi connectivity index (χ0) is 18.5. The van der Waals surface area contributed by atoms with Crippen molar-refractivity contribution in [1.29, 1.82) is 0 Å². The highest BCUT2D eigenvalue weighted by Gasteiger charge is 2.25. The van der Waals surface area contributed by atoms with Crippen LogP contribution in [-0.4, -0.2) is 34.0 Å². The van der Waals surface area contributed by atoms with Gasteiger partial charge in [0, 0.05) is 0 Å². The van der Waals surface area contributed by atoms with E-state index in [1.54, 1.807) is 0 Å². The second-order valence-electron chi connectivity index (χ2n) is 7.52. The number of amides is 1. The predicted octanol–water partition coefficient (Wildman–Crippen LogP) is 3.03. The second kappa shape index (κ2) is 8.45. The Morgan fingerprint density at radius 3 is 2.62 bits per heavy atom. The zero-order valence-corrected chi connectivity index (χ0v) is 15.9. The van der Waals surface area contributed by atoms with E-state index in [4.69, 9.17) is 0 Å². The topological polar surface area (TPSA) is 71.8 Å². The normalized spacial score (nSPS) is 16.6. The molecule has 1 aliphatic rings. The minimum Gasteiger partial charge on any atom is -0.344 e. The van der Waals surface area contributed by atoms with Crippen LogP contribution in [0.15, 0.2) is 30.3 Å². The van der Waals surface area contributed by atoms with Crippen molar-refractivity contribution < 1.29 is 4.79 Å². The van der Waals surface area contributed by atoms with Crippen LogP contribution in [0, 0.1) is 12.8 Å². The fourth-order valence-electron chi connectivity index (χ4n) is 3.61. The second-order valence-corrected chi connectivity index (χ2v) is 7.52. The predicted molar refractivity (Wildman–Crippen MR) is 102 cm³/mol. The summed E-state index contributed by atoms with van der Waals surface area (Å²) in [5, 5.41) is 15.0. The summed E-state index contributed by atoms with van der Waals surface area (Å²) < 4.78 is 1.93. The van der Waals surface area contributed by atoms with E-state index in [0.29, 0.717) is 17.7 Å². The molecule has 1 atom stereocenters. The van der Waals surface area contributed by atoms with Gasteiger partial charge in [-0.05, 0) is 50.8 Å². The van der Waals surface area contributed by atoms with Crippen molar-refractivity contribution in [1.82, 2.24) is 25.6 Å². The summed E-state index contributed by atoms with van der Waals surface area (Å²) in [5.74, 6) is 0.337. The molecular weight excluding hydrogens is 326 g/mol. The average molecular weight is 355 g/mol. The van der Waals surface area contributed by atoms with Crippen LogP contribution in [0.3, 0.4) is 0 Å². The Morgan fingerprint density at radius 2 is 1.96 bits per heavy atom. The minimum atomic E-state index is -0.141. The number of nitrogens with one attached hydrogen (secondary N) is 2. The van der Waals surface area contributed by atoms with Gasteiger partial charge in [0.25, 0.3) is 5.91 Å². The first-order valence-corrected chi connectivity index (χ1v) is 9.54. The summed E-state index contributed by atoms with van der Waals surface area (Å²) in [4.78, 5) is 12.9. The van der Waals surface area contributed by atoms with Gasteiger partial charge in [-0.1, -0.05) is 49.4 Å². The minimum absolute atomic E-state index is 0.0212. The summed E-state index contributed by atoms with van der Waals surface area (Å²) in [6.45, 7) is 8.24. The van der Waals surface area contributed by atoms with Gasteiger partial charge in [0.1, 0.15) is 0 Å². The van der Waals surface area contributed by atoms with E-state index in [1.807, 2.05) is 29.8 Å². The first-order chi connectivity index (χ1) is 12.6. The van der Waals surface area contributed by atoms with E-state index in [-0.39, 0.29) is 11.9 Å². The van der Waals surface area contributed by atoms with E-state index in [0.717, 1.165) is 43.6 Å². The van der Waals surface area contributed by atoms with Gasteiger partial charge in [0.15, 0.2) is 5.69 Å². The third kappa shape index (κ3) is 4.30. The number of benzene rings is 1. The Hall–Kier alpha value is -2.21. The number of hydrogen-bond donors (Lipinski definition) is 2. The monoisotopic (exact) mass is 355 g/mol. The molecule has 1 fully saturated rings. The third-order valence-corrected chi connectivity index (χ3v) is 5.01. The maximum atomic E-state index is 12.9. The summed E-state index contributed by atoms with van der Waals surface area (Å²) in [7, 11) is 0. The van der Waals surface area contributed by atoms with Gasteiger partial charge in [-0.25, -0.2) is 4.68 Å². The van der Waals surface area contributed by atoms with E-state index < -0.39 is 0 Å². The van der Waals surface area contributed by atoms with Crippen LogP contribution < -0.4 is 10.6 Å². The maximum absolute atomic E-state index is 12.9. The number of aromatic nitrogens is 3. The molecule has 2 heterocycles. The summed E-state index contributed by atoms with van der Waals surface area (Å²) in [6.07, 6.45) is 2.92. The fraction of sp³-hybridized carbons (Fsp3) is 0.550.